The highest BCUT2D eigenvalue weighted by Gasteiger charge is 2.50. The molecule has 3 heterocycles. The van der Waals surface area contributed by atoms with Gasteiger partial charge in [-0.05, 0) is 43.2 Å². The molecule has 0 radical (unpaired) electrons. The van der Waals surface area contributed by atoms with Crippen LogP contribution in [0.2, 0.25) is 0 Å². The molecule has 2 aliphatic rings. The quantitative estimate of drug-likeness (QED) is 0.531. The molecule has 5 rings (SSSR count). The fourth-order valence-corrected chi connectivity index (χ4v) is 5.35. The number of primary sulfonamides is 1. The van der Waals surface area contributed by atoms with Crippen LogP contribution in [-0.2, 0) is 20.4 Å². The zero-order valence-corrected chi connectivity index (χ0v) is 18.3. The Morgan fingerprint density at radius 3 is 2.52 bits per heavy atom. The molecule has 1 atom stereocenters. The molecule has 3 aromatic rings. The summed E-state index contributed by atoms with van der Waals surface area (Å²) >= 11 is 0. The molecule has 4 N–H and O–H groups in total. The highest BCUT2D eigenvalue weighted by Crippen LogP contribution is 2.44. The molecule has 1 aliphatic carbocycles. The molecule has 2 aromatic heterocycles. The molecular weight excluding hydrogens is 454 g/mol. The van der Waals surface area contributed by atoms with Crippen LogP contribution in [0.4, 0.5) is 20.4 Å². The van der Waals surface area contributed by atoms with Crippen molar-refractivity contribution in [3.05, 3.63) is 42.2 Å². The number of rotatable bonds is 4. The largest absolute Gasteiger partial charge is 0.340 e. The van der Waals surface area contributed by atoms with Gasteiger partial charge in [0.15, 0.2) is 0 Å². The van der Waals surface area contributed by atoms with E-state index in [2.05, 4.69) is 20.6 Å². The topological polar surface area (TPSA) is 132 Å². The molecule has 1 fully saturated rings. The van der Waals surface area contributed by atoms with E-state index in [4.69, 9.17) is 5.14 Å². The van der Waals surface area contributed by atoms with E-state index in [0.29, 0.717) is 35.3 Å². The number of hydrogen-bond acceptors (Lipinski definition) is 6. The first kappa shape index (κ1) is 21.7. The molecular formula is C21H22F2N6O3S. The predicted octanol–water partition coefficient (Wildman–Crippen LogP) is 2.92. The normalized spacial score (nSPS) is 20.1. The van der Waals surface area contributed by atoms with Crippen molar-refractivity contribution in [2.24, 2.45) is 5.14 Å². The van der Waals surface area contributed by atoms with Gasteiger partial charge in [0.2, 0.25) is 21.9 Å². The Labute approximate surface area is 188 Å². The van der Waals surface area contributed by atoms with Gasteiger partial charge in [0.1, 0.15) is 17.2 Å². The van der Waals surface area contributed by atoms with Crippen LogP contribution in [0.15, 0.2) is 41.4 Å². The van der Waals surface area contributed by atoms with E-state index in [0.717, 1.165) is 19.3 Å². The van der Waals surface area contributed by atoms with Gasteiger partial charge >= 0.3 is 0 Å². The van der Waals surface area contributed by atoms with Crippen LogP contribution in [0.5, 0.6) is 0 Å². The van der Waals surface area contributed by atoms with Gasteiger partial charge in [-0.15, -0.1) is 0 Å². The second kappa shape index (κ2) is 7.73. The number of carbonyl (C=O) groups is 1. The Balaban J connectivity index is 1.59. The van der Waals surface area contributed by atoms with E-state index in [1.54, 1.807) is 10.6 Å². The van der Waals surface area contributed by atoms with Crippen molar-refractivity contribution < 1.29 is 22.0 Å². The third-order valence-corrected chi connectivity index (χ3v) is 7.33. The van der Waals surface area contributed by atoms with Crippen molar-refractivity contribution in [1.82, 2.24) is 19.9 Å². The van der Waals surface area contributed by atoms with Crippen molar-refractivity contribution >= 4 is 38.6 Å². The van der Waals surface area contributed by atoms with E-state index in [9.17, 15) is 22.0 Å². The first-order valence-corrected chi connectivity index (χ1v) is 12.1. The Morgan fingerprint density at radius 2 is 1.88 bits per heavy atom. The number of amides is 1. The van der Waals surface area contributed by atoms with Gasteiger partial charge in [0.05, 0.1) is 4.90 Å². The molecule has 174 valence electrons. The third-order valence-electron chi connectivity index (χ3n) is 6.40. The number of carbonyl (C=O) groups excluding carboxylic acids is 1. The van der Waals surface area contributed by atoms with Crippen LogP contribution >= 0.6 is 0 Å². The van der Waals surface area contributed by atoms with Gasteiger partial charge < -0.3 is 15.2 Å². The number of anilines is 2. The van der Waals surface area contributed by atoms with Gasteiger partial charge in [-0.1, -0.05) is 19.3 Å². The standard InChI is InChI=1S/C21H22F2N6O3S/c22-17(23)16-15-10-12-11-25-20(26-13-4-6-14(7-5-13)33(24,31)32)28-18(12)29(15)21(19(30)27-16)8-2-1-3-9-21/h4-7,10-11,16-17H,1-3,8-9H2,(H,27,30)(H2,24,31,32)(H,25,26,28). The molecule has 12 heteroatoms. The zero-order chi connectivity index (χ0) is 23.4. The summed E-state index contributed by atoms with van der Waals surface area (Å²) < 4.78 is 52.2. The van der Waals surface area contributed by atoms with Crippen molar-refractivity contribution in [3.63, 3.8) is 0 Å². The number of fused-ring (bicyclic) bond motifs is 4. The number of alkyl halides is 2. The van der Waals surface area contributed by atoms with Crippen molar-refractivity contribution in [2.75, 3.05) is 5.32 Å². The summed E-state index contributed by atoms with van der Waals surface area (Å²) in [6.07, 6.45) is 2.48. The van der Waals surface area contributed by atoms with E-state index in [-0.39, 0.29) is 10.8 Å². The fraction of sp³-hybridized carbons (Fsp3) is 0.381. The number of sulfonamides is 1. The average molecular weight is 477 g/mol. The zero-order valence-electron chi connectivity index (χ0n) is 17.5. The second-order valence-corrected chi connectivity index (χ2v) is 10.0. The minimum absolute atomic E-state index is 0.0339. The van der Waals surface area contributed by atoms with E-state index >= 15 is 0 Å². The maximum atomic E-state index is 13.8. The molecule has 1 spiro atoms. The van der Waals surface area contributed by atoms with Crippen LogP contribution in [-0.4, -0.2) is 35.3 Å². The maximum absolute atomic E-state index is 13.8. The molecule has 1 amide bonds. The summed E-state index contributed by atoms with van der Waals surface area (Å²) in [5.41, 5.74) is 0.294. The second-order valence-electron chi connectivity index (χ2n) is 8.45. The highest BCUT2D eigenvalue weighted by molar-refractivity contribution is 7.89. The van der Waals surface area contributed by atoms with Crippen LogP contribution in [0.3, 0.4) is 0 Å². The Kier molecular flexibility index (Phi) is 5.09. The molecule has 1 unspecified atom stereocenters. The molecule has 0 saturated heterocycles. The summed E-state index contributed by atoms with van der Waals surface area (Å²) in [4.78, 5) is 21.9. The van der Waals surface area contributed by atoms with Crippen LogP contribution in [0.1, 0.15) is 43.8 Å². The van der Waals surface area contributed by atoms with Gasteiger partial charge in [0, 0.05) is 23.0 Å². The smallest absolute Gasteiger partial charge is 0.264 e. The maximum Gasteiger partial charge on any atom is 0.264 e. The van der Waals surface area contributed by atoms with Crippen LogP contribution in [0, 0.1) is 0 Å². The summed E-state index contributed by atoms with van der Waals surface area (Å²) in [6, 6.07) is 5.94. The van der Waals surface area contributed by atoms with Gasteiger partial charge in [0.25, 0.3) is 6.43 Å². The number of nitrogens with one attached hydrogen (secondary N) is 2. The number of halogens is 2. The van der Waals surface area contributed by atoms with Gasteiger partial charge in [-0.3, -0.25) is 4.79 Å². The molecule has 9 nitrogen and oxygen atoms in total. The van der Waals surface area contributed by atoms with Crippen molar-refractivity contribution in [3.8, 4) is 0 Å². The number of nitrogens with zero attached hydrogens (tertiary/aromatic N) is 3. The summed E-state index contributed by atoms with van der Waals surface area (Å²) in [5.74, 6) is -0.207. The molecule has 1 saturated carbocycles. The monoisotopic (exact) mass is 476 g/mol. The van der Waals surface area contributed by atoms with Crippen molar-refractivity contribution in [1.29, 1.82) is 0 Å². The number of hydrogen-bond donors (Lipinski definition) is 3. The molecule has 1 aliphatic heterocycles. The van der Waals surface area contributed by atoms with E-state index in [1.807, 2.05) is 0 Å². The van der Waals surface area contributed by atoms with Gasteiger partial charge in [-0.25, -0.2) is 27.3 Å². The Morgan fingerprint density at radius 1 is 1.18 bits per heavy atom. The first-order chi connectivity index (χ1) is 15.7. The lowest BCUT2D eigenvalue weighted by Gasteiger charge is -2.44. The Bertz CT molecular complexity index is 1330. The molecule has 33 heavy (non-hydrogen) atoms. The highest BCUT2D eigenvalue weighted by atomic mass is 32.2. The lowest BCUT2D eigenvalue weighted by atomic mass is 9.79. The van der Waals surface area contributed by atoms with E-state index in [1.165, 1.54) is 30.5 Å². The minimum atomic E-state index is -3.82. The lowest BCUT2D eigenvalue weighted by Crippen LogP contribution is -2.57. The SMILES string of the molecule is NS(=O)(=O)c1ccc(Nc2ncc3cc4n(c3n2)C2(CCCCC2)C(=O)NC4C(F)F)cc1. The molecule has 1 aromatic carbocycles. The Hall–Kier alpha value is -3.12. The van der Waals surface area contributed by atoms with Crippen molar-refractivity contribution in [2.45, 2.75) is 55.0 Å². The van der Waals surface area contributed by atoms with Crippen LogP contribution < -0.4 is 15.8 Å². The predicted molar refractivity (Wildman–Crippen MR) is 117 cm³/mol. The summed E-state index contributed by atoms with van der Waals surface area (Å²) in [6.45, 7) is 0. The number of aromatic nitrogens is 3. The number of nitrogens with two attached hydrogens (primary N) is 1. The van der Waals surface area contributed by atoms with Crippen LogP contribution in [0.25, 0.3) is 11.0 Å². The molecule has 0 bridgehead atoms. The van der Waals surface area contributed by atoms with E-state index < -0.39 is 33.9 Å². The first-order valence-electron chi connectivity index (χ1n) is 10.6. The minimum Gasteiger partial charge on any atom is -0.340 e. The summed E-state index contributed by atoms with van der Waals surface area (Å²) in [7, 11) is -3.82. The third kappa shape index (κ3) is 3.62. The average Bonchev–Trinajstić information content (AvgIpc) is 3.16. The fourth-order valence-electron chi connectivity index (χ4n) is 4.84. The van der Waals surface area contributed by atoms with Gasteiger partial charge in [-0.2, -0.15) is 4.98 Å². The summed E-state index contributed by atoms with van der Waals surface area (Å²) in [5, 5.41) is 11.2. The lowest BCUT2D eigenvalue weighted by molar-refractivity contribution is -0.136. The number of benzene rings is 1.